The van der Waals surface area contributed by atoms with Gasteiger partial charge in [0.25, 0.3) is 0 Å². The first-order valence-electron chi connectivity index (χ1n) is 5.31. The van der Waals surface area contributed by atoms with Crippen molar-refractivity contribution in [2.24, 2.45) is 5.92 Å². The van der Waals surface area contributed by atoms with E-state index in [4.69, 9.17) is 21.4 Å². The molecule has 82 valence electrons. The van der Waals surface area contributed by atoms with Crippen molar-refractivity contribution in [1.82, 2.24) is 0 Å². The molecule has 0 bridgehead atoms. The van der Waals surface area contributed by atoms with Crippen LogP contribution >= 0.6 is 11.6 Å². The third kappa shape index (κ3) is 2.64. The van der Waals surface area contributed by atoms with E-state index in [0.717, 1.165) is 17.9 Å². The van der Waals surface area contributed by atoms with Gasteiger partial charge in [-0.25, -0.2) is 0 Å². The fraction of sp³-hybridized carbons (Fsp3) is 0.500. The Bertz CT molecular complexity index is 334. The van der Waals surface area contributed by atoms with Gasteiger partial charge in [-0.15, -0.1) is 0 Å². The van der Waals surface area contributed by atoms with Gasteiger partial charge in [-0.05, 0) is 37.0 Å². The van der Waals surface area contributed by atoms with Gasteiger partial charge in [-0.1, -0.05) is 18.0 Å². The molecule has 1 N–H and O–H groups in total. The Hall–Kier alpha value is -0.730. The molecule has 1 aliphatic rings. The van der Waals surface area contributed by atoms with Gasteiger partial charge >= 0.3 is 0 Å². The molecule has 0 atom stereocenters. The first-order valence-corrected chi connectivity index (χ1v) is 5.69. The molecule has 0 unspecified atom stereocenters. The molecule has 0 amide bonds. The zero-order valence-corrected chi connectivity index (χ0v) is 9.33. The summed E-state index contributed by atoms with van der Waals surface area (Å²) in [7, 11) is 0. The highest BCUT2D eigenvalue weighted by atomic mass is 35.5. The SMILES string of the molecule is OCc1cc(Cl)ccc1OCC1CCC1. The predicted molar refractivity (Wildman–Crippen MR) is 60.2 cm³/mol. The smallest absolute Gasteiger partial charge is 0.124 e. The van der Waals surface area contributed by atoms with Crippen LogP contribution in [0, 0.1) is 5.92 Å². The highest BCUT2D eigenvalue weighted by Gasteiger charge is 2.18. The van der Waals surface area contributed by atoms with Crippen molar-refractivity contribution in [3.05, 3.63) is 28.8 Å². The molecule has 1 saturated carbocycles. The summed E-state index contributed by atoms with van der Waals surface area (Å²) >= 11 is 5.83. The molecule has 1 aliphatic carbocycles. The summed E-state index contributed by atoms with van der Waals surface area (Å²) in [4.78, 5) is 0. The average Bonchev–Trinajstić information content (AvgIpc) is 2.17. The van der Waals surface area contributed by atoms with Gasteiger partial charge < -0.3 is 9.84 Å². The van der Waals surface area contributed by atoms with Gasteiger partial charge in [-0.3, -0.25) is 0 Å². The summed E-state index contributed by atoms with van der Waals surface area (Å²) < 4.78 is 5.67. The first-order chi connectivity index (χ1) is 7.29. The summed E-state index contributed by atoms with van der Waals surface area (Å²) in [5, 5.41) is 9.77. The molecule has 15 heavy (non-hydrogen) atoms. The molecule has 1 aromatic rings. The Morgan fingerprint density at radius 2 is 2.20 bits per heavy atom. The second-order valence-electron chi connectivity index (χ2n) is 4.02. The quantitative estimate of drug-likeness (QED) is 0.855. The normalized spacial score (nSPS) is 16.1. The Kier molecular flexibility index (Phi) is 3.49. The highest BCUT2D eigenvalue weighted by Crippen LogP contribution is 2.29. The lowest BCUT2D eigenvalue weighted by molar-refractivity contribution is 0.176. The number of ether oxygens (including phenoxy) is 1. The number of rotatable bonds is 4. The van der Waals surface area contributed by atoms with Crippen LogP contribution in [0.2, 0.25) is 5.02 Å². The van der Waals surface area contributed by atoms with Gasteiger partial charge in [0.05, 0.1) is 13.2 Å². The van der Waals surface area contributed by atoms with Crippen LogP contribution in [-0.4, -0.2) is 11.7 Å². The molecule has 0 aromatic heterocycles. The molecule has 0 aliphatic heterocycles. The fourth-order valence-corrected chi connectivity index (χ4v) is 1.87. The van der Waals surface area contributed by atoms with E-state index in [9.17, 15) is 0 Å². The van der Waals surface area contributed by atoms with Gasteiger partial charge in [0.1, 0.15) is 5.75 Å². The second-order valence-corrected chi connectivity index (χ2v) is 4.45. The standard InChI is InChI=1S/C12H15ClO2/c13-11-4-5-12(10(6-11)7-14)15-8-9-2-1-3-9/h4-6,9,14H,1-3,7-8H2. The van der Waals surface area contributed by atoms with E-state index < -0.39 is 0 Å². The second kappa shape index (κ2) is 4.86. The van der Waals surface area contributed by atoms with Crippen LogP contribution in [0.15, 0.2) is 18.2 Å². The largest absolute Gasteiger partial charge is 0.493 e. The van der Waals surface area contributed by atoms with Crippen molar-refractivity contribution in [3.8, 4) is 5.75 Å². The molecule has 2 nitrogen and oxygen atoms in total. The number of aliphatic hydroxyl groups is 1. The lowest BCUT2D eigenvalue weighted by atomic mass is 9.86. The van der Waals surface area contributed by atoms with E-state index in [-0.39, 0.29) is 6.61 Å². The van der Waals surface area contributed by atoms with E-state index in [1.807, 2.05) is 6.07 Å². The lowest BCUT2D eigenvalue weighted by Gasteiger charge is -2.25. The molecular weight excluding hydrogens is 212 g/mol. The maximum atomic E-state index is 9.14. The van der Waals surface area contributed by atoms with E-state index in [2.05, 4.69) is 0 Å². The third-order valence-corrected chi connectivity index (χ3v) is 3.13. The van der Waals surface area contributed by atoms with E-state index >= 15 is 0 Å². The van der Waals surface area contributed by atoms with Crippen molar-refractivity contribution >= 4 is 11.6 Å². The van der Waals surface area contributed by atoms with Gasteiger partial charge in [0, 0.05) is 10.6 Å². The highest BCUT2D eigenvalue weighted by molar-refractivity contribution is 6.30. The van der Waals surface area contributed by atoms with Crippen molar-refractivity contribution in [2.75, 3.05) is 6.61 Å². The summed E-state index contributed by atoms with van der Waals surface area (Å²) in [6, 6.07) is 5.36. The summed E-state index contributed by atoms with van der Waals surface area (Å²) in [5.41, 5.74) is 0.766. The van der Waals surface area contributed by atoms with Crippen molar-refractivity contribution < 1.29 is 9.84 Å². The molecule has 3 heteroatoms. The lowest BCUT2D eigenvalue weighted by Crippen LogP contribution is -2.19. The maximum Gasteiger partial charge on any atom is 0.124 e. The molecule has 0 spiro atoms. The van der Waals surface area contributed by atoms with E-state index in [1.54, 1.807) is 12.1 Å². The van der Waals surface area contributed by atoms with Crippen LogP contribution in [-0.2, 0) is 6.61 Å². The molecule has 0 saturated heterocycles. The number of hydrogen-bond donors (Lipinski definition) is 1. The minimum Gasteiger partial charge on any atom is -0.493 e. The van der Waals surface area contributed by atoms with Crippen LogP contribution < -0.4 is 4.74 Å². The van der Waals surface area contributed by atoms with Crippen LogP contribution in [0.1, 0.15) is 24.8 Å². The van der Waals surface area contributed by atoms with Gasteiger partial charge in [0.15, 0.2) is 0 Å². The zero-order valence-electron chi connectivity index (χ0n) is 8.58. The maximum absolute atomic E-state index is 9.14. The third-order valence-electron chi connectivity index (χ3n) is 2.89. The minimum absolute atomic E-state index is 0.0272. The topological polar surface area (TPSA) is 29.5 Å². The van der Waals surface area contributed by atoms with Crippen molar-refractivity contribution in [1.29, 1.82) is 0 Å². The Morgan fingerprint density at radius 3 is 2.80 bits per heavy atom. The van der Waals surface area contributed by atoms with Crippen molar-refractivity contribution in [2.45, 2.75) is 25.9 Å². The molecular formula is C12H15ClO2. The molecule has 0 radical (unpaired) electrons. The molecule has 1 fully saturated rings. The minimum atomic E-state index is -0.0272. The van der Waals surface area contributed by atoms with Crippen molar-refractivity contribution in [3.63, 3.8) is 0 Å². The summed E-state index contributed by atoms with van der Waals surface area (Å²) in [5.74, 6) is 1.46. The average molecular weight is 227 g/mol. The summed E-state index contributed by atoms with van der Waals surface area (Å²) in [6.07, 6.45) is 3.85. The van der Waals surface area contributed by atoms with E-state index in [1.165, 1.54) is 19.3 Å². The molecule has 1 aromatic carbocycles. The van der Waals surface area contributed by atoms with Crippen LogP contribution in [0.25, 0.3) is 0 Å². The Morgan fingerprint density at radius 1 is 1.40 bits per heavy atom. The zero-order chi connectivity index (χ0) is 10.7. The molecule has 0 heterocycles. The van der Waals surface area contributed by atoms with Gasteiger partial charge in [-0.2, -0.15) is 0 Å². The Labute approximate surface area is 94.8 Å². The number of halogens is 1. The van der Waals surface area contributed by atoms with Crippen LogP contribution in [0.5, 0.6) is 5.75 Å². The van der Waals surface area contributed by atoms with Crippen LogP contribution in [0.4, 0.5) is 0 Å². The van der Waals surface area contributed by atoms with Crippen LogP contribution in [0.3, 0.4) is 0 Å². The number of benzene rings is 1. The number of aliphatic hydroxyl groups excluding tert-OH is 1. The molecule has 2 rings (SSSR count). The Balaban J connectivity index is 1.99. The van der Waals surface area contributed by atoms with E-state index in [0.29, 0.717) is 10.9 Å². The monoisotopic (exact) mass is 226 g/mol. The first kappa shape index (κ1) is 10.8. The predicted octanol–water partition coefficient (Wildman–Crippen LogP) is 3.01. The fourth-order valence-electron chi connectivity index (χ4n) is 1.68. The summed E-state index contributed by atoms with van der Waals surface area (Å²) in [6.45, 7) is 0.731. The number of hydrogen-bond acceptors (Lipinski definition) is 2. The van der Waals surface area contributed by atoms with Gasteiger partial charge in [0.2, 0.25) is 0 Å².